The first-order valence-corrected chi connectivity index (χ1v) is 12.3. The molecule has 3 aliphatic carbocycles. The third-order valence-electron chi connectivity index (χ3n) is 7.32. The van der Waals surface area contributed by atoms with Gasteiger partial charge in [0.05, 0.1) is 6.54 Å². The highest BCUT2D eigenvalue weighted by atomic mass is 32.1. The number of rotatable bonds is 8. The molecule has 2 aromatic rings. The fraction of sp³-hybridized carbons (Fsp3) is 0.542. The van der Waals surface area contributed by atoms with Gasteiger partial charge in [-0.2, -0.15) is 0 Å². The predicted molar refractivity (Wildman–Crippen MR) is 123 cm³/mol. The molecule has 1 aromatic carbocycles. The van der Waals surface area contributed by atoms with Crippen molar-refractivity contribution in [2.75, 3.05) is 6.61 Å². The molecule has 4 atom stereocenters. The fourth-order valence-electron chi connectivity index (χ4n) is 5.19. The smallest absolute Gasteiger partial charge is 0.484 e. The van der Waals surface area contributed by atoms with Crippen LogP contribution in [0.25, 0.3) is 0 Å². The van der Waals surface area contributed by atoms with Gasteiger partial charge in [-0.05, 0) is 60.3 Å². The number of halogens is 3. The van der Waals surface area contributed by atoms with E-state index in [4.69, 9.17) is 4.74 Å². The molecule has 2 amide bonds. The Labute approximate surface area is 205 Å². The van der Waals surface area contributed by atoms with Gasteiger partial charge in [0.25, 0.3) is 11.8 Å². The second kappa shape index (κ2) is 9.67. The predicted octanol–water partition coefficient (Wildman–Crippen LogP) is 4.54. The SMILES string of the molecule is C[C@@H]1[C@H]2C[C@@H](C[C@H]1NC(=O)c1csc(CNC(=O)COc3ccc(OC(F)(F)F)cc3)n1)C2(C)C. The summed E-state index contributed by atoms with van der Waals surface area (Å²) < 4.78 is 45.6. The van der Waals surface area contributed by atoms with Crippen molar-refractivity contribution in [1.29, 1.82) is 0 Å². The van der Waals surface area contributed by atoms with Gasteiger partial charge in [-0.3, -0.25) is 9.59 Å². The molecular weight excluding hydrogens is 483 g/mol. The lowest BCUT2D eigenvalue weighted by molar-refractivity contribution is -0.274. The molecule has 7 nitrogen and oxygen atoms in total. The second-order valence-electron chi connectivity index (χ2n) is 9.75. The fourth-order valence-corrected chi connectivity index (χ4v) is 5.90. The van der Waals surface area contributed by atoms with Gasteiger partial charge in [-0.1, -0.05) is 20.8 Å². The number of fused-ring (bicyclic) bond motifs is 2. The Morgan fingerprint density at radius 2 is 1.86 bits per heavy atom. The topological polar surface area (TPSA) is 89.6 Å². The Hall–Kier alpha value is -2.82. The van der Waals surface area contributed by atoms with Crippen molar-refractivity contribution in [2.45, 2.75) is 52.6 Å². The summed E-state index contributed by atoms with van der Waals surface area (Å²) in [5.41, 5.74) is 0.684. The van der Waals surface area contributed by atoms with Gasteiger partial charge >= 0.3 is 6.36 Å². The number of carbonyl (C=O) groups excluding carboxylic acids is 2. The number of thiazole rings is 1. The molecule has 0 unspecified atom stereocenters. The van der Waals surface area contributed by atoms with Crippen molar-refractivity contribution in [3.8, 4) is 11.5 Å². The molecule has 0 saturated heterocycles. The van der Waals surface area contributed by atoms with Crippen LogP contribution in [0.3, 0.4) is 0 Å². The first-order chi connectivity index (χ1) is 16.4. The van der Waals surface area contributed by atoms with Gasteiger partial charge in [-0.15, -0.1) is 24.5 Å². The highest BCUT2D eigenvalue weighted by Gasteiger charge is 2.56. The summed E-state index contributed by atoms with van der Waals surface area (Å²) in [6.07, 6.45) is -2.55. The van der Waals surface area contributed by atoms with Crippen LogP contribution in [0.4, 0.5) is 13.2 Å². The zero-order chi connectivity index (χ0) is 25.4. The van der Waals surface area contributed by atoms with E-state index in [1.165, 1.54) is 29.9 Å². The maximum Gasteiger partial charge on any atom is 0.573 e. The van der Waals surface area contributed by atoms with Crippen molar-refractivity contribution in [3.05, 3.63) is 40.3 Å². The van der Waals surface area contributed by atoms with E-state index < -0.39 is 12.3 Å². The van der Waals surface area contributed by atoms with E-state index in [9.17, 15) is 22.8 Å². The monoisotopic (exact) mass is 511 g/mol. The van der Waals surface area contributed by atoms with Crippen LogP contribution in [0.5, 0.6) is 11.5 Å². The molecule has 0 aliphatic heterocycles. The van der Waals surface area contributed by atoms with E-state index in [0.29, 0.717) is 33.9 Å². The van der Waals surface area contributed by atoms with Gasteiger partial charge in [0.1, 0.15) is 22.2 Å². The van der Waals surface area contributed by atoms with E-state index in [1.54, 1.807) is 5.38 Å². The summed E-state index contributed by atoms with van der Waals surface area (Å²) in [6, 6.07) is 4.90. The molecule has 3 aliphatic rings. The Bertz CT molecular complexity index is 1070. The Balaban J connectivity index is 1.20. The number of hydrogen-bond acceptors (Lipinski definition) is 6. The normalized spacial score (nSPS) is 24.7. The molecule has 2 N–H and O–H groups in total. The lowest BCUT2D eigenvalue weighted by atomic mass is 9.45. The standard InChI is InChI=1S/C24H28F3N3O4S/c1-13-17-8-14(23(17,2)3)9-18(13)30-22(32)19-12-35-21(29-19)10-28-20(31)11-33-15-4-6-16(7-5-15)34-24(25,26)27/h4-7,12-14,17-18H,8-11H2,1-3H3,(H,28,31)(H,30,32)/t13-,14+,17-,18-/m1/s1. The molecule has 0 spiro atoms. The molecule has 190 valence electrons. The van der Waals surface area contributed by atoms with E-state index in [-0.39, 0.29) is 36.6 Å². The van der Waals surface area contributed by atoms with Crippen LogP contribution >= 0.6 is 11.3 Å². The molecule has 35 heavy (non-hydrogen) atoms. The summed E-state index contributed by atoms with van der Waals surface area (Å²) in [6.45, 7) is 6.65. The van der Waals surface area contributed by atoms with Crippen LogP contribution < -0.4 is 20.1 Å². The summed E-state index contributed by atoms with van der Waals surface area (Å²) in [5, 5.41) is 8.05. The van der Waals surface area contributed by atoms with Crippen molar-refractivity contribution < 1.29 is 32.2 Å². The van der Waals surface area contributed by atoms with Gasteiger partial charge in [0.2, 0.25) is 0 Å². The first kappa shape index (κ1) is 25.3. The second-order valence-corrected chi connectivity index (χ2v) is 10.7. The van der Waals surface area contributed by atoms with Gasteiger partial charge in [0, 0.05) is 11.4 Å². The van der Waals surface area contributed by atoms with Crippen molar-refractivity contribution >= 4 is 23.2 Å². The highest BCUT2D eigenvalue weighted by Crippen LogP contribution is 2.61. The van der Waals surface area contributed by atoms with Crippen molar-refractivity contribution in [1.82, 2.24) is 15.6 Å². The van der Waals surface area contributed by atoms with Crippen molar-refractivity contribution in [2.24, 2.45) is 23.2 Å². The first-order valence-electron chi connectivity index (χ1n) is 11.4. The Kier molecular flexibility index (Phi) is 6.99. The highest BCUT2D eigenvalue weighted by molar-refractivity contribution is 7.09. The minimum Gasteiger partial charge on any atom is -0.484 e. The van der Waals surface area contributed by atoms with Crippen LogP contribution in [-0.4, -0.2) is 35.8 Å². The zero-order valence-electron chi connectivity index (χ0n) is 19.6. The Morgan fingerprint density at radius 3 is 2.49 bits per heavy atom. The molecular formula is C24H28F3N3O4S. The van der Waals surface area contributed by atoms with Gasteiger partial charge < -0.3 is 20.1 Å². The number of alkyl halides is 3. The molecule has 1 heterocycles. The summed E-state index contributed by atoms with van der Waals surface area (Å²) in [7, 11) is 0. The number of nitrogens with zero attached hydrogens (tertiary/aromatic N) is 1. The third kappa shape index (κ3) is 5.88. The molecule has 3 saturated carbocycles. The number of benzene rings is 1. The lowest BCUT2D eigenvalue weighted by Crippen LogP contribution is -2.60. The Morgan fingerprint density at radius 1 is 1.17 bits per heavy atom. The van der Waals surface area contributed by atoms with Crippen LogP contribution in [0, 0.1) is 23.2 Å². The average molecular weight is 512 g/mol. The molecule has 0 radical (unpaired) electrons. The van der Waals surface area contributed by atoms with Crippen LogP contribution in [0.15, 0.2) is 29.6 Å². The van der Waals surface area contributed by atoms with Crippen LogP contribution in [0.2, 0.25) is 0 Å². The number of carbonyl (C=O) groups is 2. The minimum atomic E-state index is -4.77. The summed E-state index contributed by atoms with van der Waals surface area (Å²) in [4.78, 5) is 29.1. The van der Waals surface area contributed by atoms with E-state index >= 15 is 0 Å². The summed E-state index contributed by atoms with van der Waals surface area (Å²) in [5.74, 6) is 0.905. The van der Waals surface area contributed by atoms with Crippen molar-refractivity contribution in [3.63, 3.8) is 0 Å². The largest absolute Gasteiger partial charge is 0.573 e. The molecule has 1 aromatic heterocycles. The number of hydrogen-bond donors (Lipinski definition) is 2. The molecule has 11 heteroatoms. The van der Waals surface area contributed by atoms with Crippen LogP contribution in [-0.2, 0) is 11.3 Å². The maximum atomic E-state index is 12.7. The minimum absolute atomic E-state index is 0.136. The van der Waals surface area contributed by atoms with Crippen LogP contribution in [0.1, 0.15) is 49.1 Å². The van der Waals surface area contributed by atoms with E-state index in [1.807, 2.05) is 0 Å². The third-order valence-corrected chi connectivity index (χ3v) is 8.17. The number of aromatic nitrogens is 1. The lowest BCUT2D eigenvalue weighted by Gasteiger charge is -2.62. The number of amides is 2. The quantitative estimate of drug-likeness (QED) is 0.543. The molecule has 2 bridgehead atoms. The molecule has 5 rings (SSSR count). The number of nitrogens with one attached hydrogen (secondary N) is 2. The van der Waals surface area contributed by atoms with E-state index in [2.05, 4.69) is 41.1 Å². The zero-order valence-corrected chi connectivity index (χ0v) is 20.5. The summed E-state index contributed by atoms with van der Waals surface area (Å²) >= 11 is 1.28. The number of ether oxygens (including phenoxy) is 2. The van der Waals surface area contributed by atoms with E-state index in [0.717, 1.165) is 18.6 Å². The maximum absolute atomic E-state index is 12.7. The van der Waals surface area contributed by atoms with Gasteiger partial charge in [-0.25, -0.2) is 4.98 Å². The van der Waals surface area contributed by atoms with Gasteiger partial charge in [0.15, 0.2) is 6.61 Å². The average Bonchev–Trinajstić information content (AvgIpc) is 3.26. The molecule has 3 fully saturated rings.